The second-order valence-corrected chi connectivity index (χ2v) is 4.25. The first-order chi connectivity index (χ1) is 10.0. The van der Waals surface area contributed by atoms with Crippen LogP contribution in [0.1, 0.15) is 15.9 Å². The third kappa shape index (κ3) is 3.28. The molecule has 0 saturated carbocycles. The molecule has 0 aliphatic carbocycles. The third-order valence-corrected chi connectivity index (χ3v) is 2.83. The number of benzene rings is 2. The van der Waals surface area contributed by atoms with Crippen molar-refractivity contribution in [3.8, 4) is 5.75 Å². The summed E-state index contributed by atoms with van der Waals surface area (Å²) in [5, 5.41) is 0. The molecule has 0 unspecified atom stereocenters. The molecular weight excluding hydrogens is 280 g/mol. The molecule has 110 valence electrons. The number of anilines is 1. The van der Waals surface area contributed by atoms with Crippen LogP contribution in [0.3, 0.4) is 0 Å². The largest absolute Gasteiger partial charge is 0.488 e. The van der Waals surface area contributed by atoms with Crippen molar-refractivity contribution in [2.75, 3.05) is 12.8 Å². The summed E-state index contributed by atoms with van der Waals surface area (Å²) in [6, 6.07) is 8.16. The Balaban J connectivity index is 2.25. The van der Waals surface area contributed by atoms with E-state index in [0.717, 1.165) is 6.07 Å². The molecule has 0 saturated heterocycles. The molecule has 0 heterocycles. The number of nitrogen functional groups attached to an aromatic ring is 1. The maximum atomic E-state index is 13.5. The summed E-state index contributed by atoms with van der Waals surface area (Å²) in [6.07, 6.45) is 0. The molecule has 6 heteroatoms. The van der Waals surface area contributed by atoms with Gasteiger partial charge in [-0.15, -0.1) is 0 Å². The fourth-order valence-corrected chi connectivity index (χ4v) is 1.75. The molecule has 2 aromatic carbocycles. The summed E-state index contributed by atoms with van der Waals surface area (Å²) >= 11 is 0. The van der Waals surface area contributed by atoms with E-state index in [4.69, 9.17) is 10.5 Å². The van der Waals surface area contributed by atoms with Crippen LogP contribution in [0, 0.1) is 11.6 Å². The quantitative estimate of drug-likeness (QED) is 0.695. The van der Waals surface area contributed by atoms with Gasteiger partial charge in [0.2, 0.25) is 0 Å². The average Bonchev–Trinajstić information content (AvgIpc) is 2.48. The van der Waals surface area contributed by atoms with E-state index in [1.165, 1.54) is 37.4 Å². The lowest BCUT2D eigenvalue weighted by Crippen LogP contribution is -2.07. The summed E-state index contributed by atoms with van der Waals surface area (Å²) in [7, 11) is 1.23. The van der Waals surface area contributed by atoms with E-state index in [0.29, 0.717) is 5.69 Å². The molecule has 0 amide bonds. The van der Waals surface area contributed by atoms with Crippen LogP contribution in [0.15, 0.2) is 36.4 Å². The highest BCUT2D eigenvalue weighted by molar-refractivity contribution is 5.93. The van der Waals surface area contributed by atoms with E-state index in [1.807, 2.05) is 0 Å². The first-order valence-electron chi connectivity index (χ1n) is 6.06. The zero-order chi connectivity index (χ0) is 15.4. The molecule has 21 heavy (non-hydrogen) atoms. The zero-order valence-corrected chi connectivity index (χ0v) is 11.2. The van der Waals surface area contributed by atoms with Crippen LogP contribution in [0.5, 0.6) is 5.75 Å². The molecule has 0 radical (unpaired) electrons. The maximum absolute atomic E-state index is 13.5. The molecule has 0 aliphatic heterocycles. The number of hydrogen-bond donors (Lipinski definition) is 1. The van der Waals surface area contributed by atoms with Crippen LogP contribution in [0.2, 0.25) is 0 Å². The van der Waals surface area contributed by atoms with Crippen LogP contribution in [-0.4, -0.2) is 13.1 Å². The molecule has 0 aromatic heterocycles. The topological polar surface area (TPSA) is 61.5 Å². The normalized spacial score (nSPS) is 10.2. The van der Waals surface area contributed by atoms with Gasteiger partial charge in [-0.2, -0.15) is 0 Å². The molecule has 2 aromatic rings. The second kappa shape index (κ2) is 6.21. The number of carbonyl (C=O) groups excluding carboxylic acids is 1. The van der Waals surface area contributed by atoms with Gasteiger partial charge in [0.1, 0.15) is 17.9 Å². The van der Waals surface area contributed by atoms with Crippen molar-refractivity contribution in [1.29, 1.82) is 0 Å². The molecule has 0 fully saturated rings. The Bertz CT molecular complexity index is 674. The minimum absolute atomic E-state index is 0.0354. The van der Waals surface area contributed by atoms with E-state index < -0.39 is 17.6 Å². The maximum Gasteiger partial charge on any atom is 0.341 e. The summed E-state index contributed by atoms with van der Waals surface area (Å²) in [5.41, 5.74) is 6.19. The third-order valence-electron chi connectivity index (χ3n) is 2.83. The van der Waals surface area contributed by atoms with Crippen molar-refractivity contribution in [3.05, 3.63) is 59.2 Å². The monoisotopic (exact) mass is 293 g/mol. The first-order valence-corrected chi connectivity index (χ1v) is 6.06. The SMILES string of the molecule is COC(=O)c1ccc(N)cc1OCc1cccc(F)c1F. The summed E-state index contributed by atoms with van der Waals surface area (Å²) in [6.45, 7) is -0.239. The Morgan fingerprint density at radius 2 is 2.00 bits per heavy atom. The summed E-state index contributed by atoms with van der Waals surface area (Å²) in [4.78, 5) is 11.6. The second-order valence-electron chi connectivity index (χ2n) is 4.25. The molecular formula is C15H13F2NO3. The van der Waals surface area contributed by atoms with Gasteiger partial charge < -0.3 is 15.2 Å². The lowest BCUT2D eigenvalue weighted by atomic mass is 10.1. The minimum atomic E-state index is -0.985. The van der Waals surface area contributed by atoms with Gasteiger partial charge >= 0.3 is 5.97 Å². The van der Waals surface area contributed by atoms with Gasteiger partial charge in [0.25, 0.3) is 0 Å². The highest BCUT2D eigenvalue weighted by atomic mass is 19.2. The van der Waals surface area contributed by atoms with Crippen molar-refractivity contribution in [2.24, 2.45) is 0 Å². The summed E-state index contributed by atoms with van der Waals surface area (Å²) < 4.78 is 36.6. The lowest BCUT2D eigenvalue weighted by Gasteiger charge is -2.11. The van der Waals surface area contributed by atoms with Gasteiger partial charge in [-0.3, -0.25) is 0 Å². The van der Waals surface area contributed by atoms with Crippen LogP contribution in [-0.2, 0) is 11.3 Å². The number of halogens is 2. The zero-order valence-electron chi connectivity index (χ0n) is 11.2. The Kier molecular flexibility index (Phi) is 4.37. The van der Waals surface area contributed by atoms with Gasteiger partial charge in [0.15, 0.2) is 11.6 Å². The Morgan fingerprint density at radius 1 is 1.24 bits per heavy atom. The Labute approximate surface area is 120 Å². The number of esters is 1. The number of carbonyl (C=O) groups is 1. The minimum Gasteiger partial charge on any atom is -0.488 e. The van der Waals surface area contributed by atoms with Crippen molar-refractivity contribution in [3.63, 3.8) is 0 Å². The Hall–Kier alpha value is -2.63. The standard InChI is InChI=1S/C15H13F2NO3/c1-20-15(19)11-6-5-10(18)7-13(11)21-8-9-3-2-4-12(16)14(9)17/h2-7H,8,18H2,1H3. The van der Waals surface area contributed by atoms with Gasteiger partial charge in [-0.1, -0.05) is 12.1 Å². The van der Waals surface area contributed by atoms with Crippen LogP contribution >= 0.6 is 0 Å². The van der Waals surface area contributed by atoms with Gasteiger partial charge in [0, 0.05) is 17.3 Å². The molecule has 0 bridgehead atoms. The molecule has 0 atom stereocenters. The van der Waals surface area contributed by atoms with E-state index in [1.54, 1.807) is 0 Å². The van der Waals surface area contributed by atoms with Crippen molar-refractivity contribution < 1.29 is 23.0 Å². The van der Waals surface area contributed by atoms with Crippen molar-refractivity contribution >= 4 is 11.7 Å². The van der Waals surface area contributed by atoms with E-state index in [-0.39, 0.29) is 23.5 Å². The van der Waals surface area contributed by atoms with Gasteiger partial charge in [-0.25, -0.2) is 13.6 Å². The molecule has 2 rings (SSSR count). The molecule has 2 N–H and O–H groups in total. The van der Waals surface area contributed by atoms with Crippen LogP contribution in [0.4, 0.5) is 14.5 Å². The summed E-state index contributed by atoms with van der Waals surface area (Å²) in [5.74, 6) is -2.41. The number of nitrogens with two attached hydrogens (primary N) is 1. The van der Waals surface area contributed by atoms with Crippen molar-refractivity contribution in [2.45, 2.75) is 6.61 Å². The van der Waals surface area contributed by atoms with E-state index >= 15 is 0 Å². The van der Waals surface area contributed by atoms with E-state index in [9.17, 15) is 13.6 Å². The number of methoxy groups -OCH3 is 1. The fourth-order valence-electron chi connectivity index (χ4n) is 1.75. The Morgan fingerprint density at radius 3 is 2.71 bits per heavy atom. The lowest BCUT2D eigenvalue weighted by molar-refractivity contribution is 0.0595. The van der Waals surface area contributed by atoms with E-state index in [2.05, 4.69) is 4.74 Å². The van der Waals surface area contributed by atoms with Crippen LogP contribution < -0.4 is 10.5 Å². The van der Waals surface area contributed by atoms with Crippen LogP contribution in [0.25, 0.3) is 0 Å². The number of rotatable bonds is 4. The first kappa shape index (κ1) is 14.8. The number of hydrogen-bond acceptors (Lipinski definition) is 4. The molecule has 0 aliphatic rings. The highest BCUT2D eigenvalue weighted by Crippen LogP contribution is 2.24. The predicted molar refractivity (Wildman–Crippen MR) is 72.9 cm³/mol. The van der Waals surface area contributed by atoms with Crippen molar-refractivity contribution in [1.82, 2.24) is 0 Å². The molecule has 4 nitrogen and oxygen atoms in total. The van der Waals surface area contributed by atoms with Gasteiger partial charge in [-0.05, 0) is 18.2 Å². The van der Waals surface area contributed by atoms with Gasteiger partial charge in [0.05, 0.1) is 7.11 Å². The predicted octanol–water partition coefficient (Wildman–Crippen LogP) is 2.91. The molecule has 0 spiro atoms. The highest BCUT2D eigenvalue weighted by Gasteiger charge is 2.15. The number of ether oxygens (including phenoxy) is 2. The average molecular weight is 293 g/mol. The fraction of sp³-hybridized carbons (Fsp3) is 0.133. The smallest absolute Gasteiger partial charge is 0.341 e.